The molecule has 0 saturated carbocycles. The monoisotopic (exact) mass is 455 g/mol. The van der Waals surface area contributed by atoms with Gasteiger partial charge in [-0.2, -0.15) is 0 Å². The zero-order valence-corrected chi connectivity index (χ0v) is 16.2. The highest BCUT2D eigenvalue weighted by Gasteiger charge is 2.27. The highest BCUT2D eigenvalue weighted by Crippen LogP contribution is 2.17. The number of rotatable bonds is 5. The van der Waals surface area contributed by atoms with Gasteiger partial charge in [0.25, 0.3) is 0 Å². The predicted octanol–water partition coefficient (Wildman–Crippen LogP) is 1.59. The molecule has 5 nitrogen and oxygen atoms in total. The molecule has 0 amide bonds. The van der Waals surface area contributed by atoms with E-state index >= 15 is 0 Å². The third kappa shape index (κ3) is 7.03. The molecule has 1 heterocycles. The standard InChI is InChI=1S/C15H22FN3O2S.HI/c1-17-15(19-10-13-7-9-22(20,21)11-13)18-8-6-12-2-4-14(16)5-3-12;/h2-5,13H,6-11H2,1H3,(H2,17,18,19);1H. The first kappa shape index (κ1) is 20.1. The lowest BCUT2D eigenvalue weighted by atomic mass is 10.1. The molecule has 0 aromatic heterocycles. The number of benzene rings is 1. The molecular formula is C15H23FIN3O2S. The van der Waals surface area contributed by atoms with Gasteiger partial charge in [0.2, 0.25) is 0 Å². The smallest absolute Gasteiger partial charge is 0.190 e. The second kappa shape index (κ2) is 9.41. The summed E-state index contributed by atoms with van der Waals surface area (Å²) in [6.45, 7) is 1.28. The van der Waals surface area contributed by atoms with Crippen LogP contribution in [0.25, 0.3) is 0 Å². The van der Waals surface area contributed by atoms with Crippen molar-refractivity contribution < 1.29 is 12.8 Å². The normalized spacial score (nSPS) is 19.9. The minimum atomic E-state index is -2.84. The summed E-state index contributed by atoms with van der Waals surface area (Å²) in [6.07, 6.45) is 1.47. The maximum atomic E-state index is 12.8. The molecule has 0 aliphatic carbocycles. The van der Waals surface area contributed by atoms with Crippen LogP contribution >= 0.6 is 24.0 Å². The van der Waals surface area contributed by atoms with Gasteiger partial charge in [-0.25, -0.2) is 12.8 Å². The van der Waals surface area contributed by atoms with E-state index in [0.29, 0.717) is 25.5 Å². The van der Waals surface area contributed by atoms with Crippen molar-refractivity contribution in [1.82, 2.24) is 10.6 Å². The van der Waals surface area contributed by atoms with Gasteiger partial charge >= 0.3 is 0 Å². The molecule has 2 rings (SSSR count). The summed E-state index contributed by atoms with van der Waals surface area (Å²) >= 11 is 0. The largest absolute Gasteiger partial charge is 0.356 e. The highest BCUT2D eigenvalue weighted by molar-refractivity contribution is 14.0. The Bertz CT molecular complexity index is 620. The molecule has 0 radical (unpaired) electrons. The van der Waals surface area contributed by atoms with Crippen LogP contribution in [-0.4, -0.2) is 46.0 Å². The lowest BCUT2D eigenvalue weighted by Crippen LogP contribution is -2.40. The Morgan fingerprint density at radius 2 is 2.00 bits per heavy atom. The Morgan fingerprint density at radius 3 is 2.57 bits per heavy atom. The van der Waals surface area contributed by atoms with Crippen molar-refractivity contribution in [2.45, 2.75) is 12.8 Å². The lowest BCUT2D eigenvalue weighted by molar-refractivity contribution is 0.567. The fourth-order valence-corrected chi connectivity index (χ4v) is 4.33. The number of nitrogens with one attached hydrogen (secondary N) is 2. The van der Waals surface area contributed by atoms with E-state index in [0.717, 1.165) is 12.0 Å². The average Bonchev–Trinajstić information content (AvgIpc) is 2.84. The van der Waals surface area contributed by atoms with Gasteiger partial charge in [0, 0.05) is 20.1 Å². The molecule has 0 bridgehead atoms. The third-order valence-electron chi connectivity index (χ3n) is 3.73. The van der Waals surface area contributed by atoms with E-state index < -0.39 is 9.84 Å². The van der Waals surface area contributed by atoms with Crippen LogP contribution in [0, 0.1) is 11.7 Å². The van der Waals surface area contributed by atoms with Crippen molar-refractivity contribution in [2.24, 2.45) is 10.9 Å². The van der Waals surface area contributed by atoms with Crippen LogP contribution in [0.1, 0.15) is 12.0 Å². The van der Waals surface area contributed by atoms with Gasteiger partial charge in [0.05, 0.1) is 11.5 Å². The molecule has 1 fully saturated rings. The number of hydrogen-bond acceptors (Lipinski definition) is 3. The van der Waals surface area contributed by atoms with E-state index in [4.69, 9.17) is 0 Å². The van der Waals surface area contributed by atoms with E-state index in [1.54, 1.807) is 19.2 Å². The Labute approximate surface area is 154 Å². The number of nitrogens with zero attached hydrogens (tertiary/aromatic N) is 1. The van der Waals surface area contributed by atoms with Gasteiger partial charge in [0.15, 0.2) is 15.8 Å². The van der Waals surface area contributed by atoms with Gasteiger partial charge < -0.3 is 10.6 Å². The first-order valence-electron chi connectivity index (χ1n) is 7.38. The van der Waals surface area contributed by atoms with Gasteiger partial charge in [-0.15, -0.1) is 24.0 Å². The molecule has 1 aliphatic rings. The Morgan fingerprint density at radius 1 is 1.30 bits per heavy atom. The van der Waals surface area contributed by atoms with Gasteiger partial charge in [-0.3, -0.25) is 4.99 Å². The molecule has 1 aliphatic heterocycles. The lowest BCUT2D eigenvalue weighted by Gasteiger charge is -2.14. The van der Waals surface area contributed by atoms with Crippen LogP contribution in [0.3, 0.4) is 0 Å². The number of hydrogen-bond donors (Lipinski definition) is 2. The first-order chi connectivity index (χ1) is 10.5. The molecular weight excluding hydrogens is 432 g/mol. The Hall–Kier alpha value is -0.900. The first-order valence-corrected chi connectivity index (χ1v) is 9.20. The fraction of sp³-hybridized carbons (Fsp3) is 0.533. The summed E-state index contributed by atoms with van der Waals surface area (Å²) in [5, 5.41) is 6.33. The van der Waals surface area contributed by atoms with Crippen LogP contribution in [-0.2, 0) is 16.3 Å². The fourth-order valence-electron chi connectivity index (χ4n) is 2.47. The van der Waals surface area contributed by atoms with E-state index in [-0.39, 0.29) is 47.2 Å². The number of guanidine groups is 1. The molecule has 23 heavy (non-hydrogen) atoms. The summed E-state index contributed by atoms with van der Waals surface area (Å²) in [4.78, 5) is 4.12. The van der Waals surface area contributed by atoms with E-state index in [2.05, 4.69) is 15.6 Å². The van der Waals surface area contributed by atoms with Crippen LogP contribution in [0.4, 0.5) is 4.39 Å². The van der Waals surface area contributed by atoms with Crippen LogP contribution in [0.15, 0.2) is 29.3 Å². The van der Waals surface area contributed by atoms with E-state index in [9.17, 15) is 12.8 Å². The van der Waals surface area contributed by atoms with Gasteiger partial charge in [0.1, 0.15) is 5.82 Å². The summed E-state index contributed by atoms with van der Waals surface area (Å²) in [5.74, 6) is 1.12. The molecule has 2 N–H and O–H groups in total. The van der Waals surface area contributed by atoms with Crippen molar-refractivity contribution in [3.63, 3.8) is 0 Å². The zero-order chi connectivity index (χ0) is 16.0. The number of halogens is 2. The molecule has 1 aromatic rings. The number of sulfone groups is 1. The summed E-state index contributed by atoms with van der Waals surface area (Å²) in [6, 6.07) is 6.42. The maximum absolute atomic E-state index is 12.8. The molecule has 1 atom stereocenters. The van der Waals surface area contributed by atoms with Gasteiger partial charge in [-0.1, -0.05) is 12.1 Å². The van der Waals surface area contributed by atoms with Crippen LogP contribution in [0.5, 0.6) is 0 Å². The number of aliphatic imine (C=N–C) groups is 1. The summed E-state index contributed by atoms with van der Waals surface area (Å²) in [7, 11) is -1.16. The molecule has 1 saturated heterocycles. The second-order valence-corrected chi connectivity index (χ2v) is 7.75. The van der Waals surface area contributed by atoms with Crippen molar-refractivity contribution >= 4 is 39.8 Å². The van der Waals surface area contributed by atoms with Crippen molar-refractivity contribution in [3.8, 4) is 0 Å². The Kier molecular flexibility index (Phi) is 8.24. The van der Waals surface area contributed by atoms with Crippen molar-refractivity contribution in [1.29, 1.82) is 0 Å². The predicted molar refractivity (Wildman–Crippen MR) is 102 cm³/mol. The molecule has 0 spiro atoms. The van der Waals surface area contributed by atoms with E-state index in [1.165, 1.54) is 12.1 Å². The minimum Gasteiger partial charge on any atom is -0.356 e. The van der Waals surface area contributed by atoms with Crippen molar-refractivity contribution in [3.05, 3.63) is 35.6 Å². The minimum absolute atomic E-state index is 0. The maximum Gasteiger partial charge on any atom is 0.190 e. The average molecular weight is 455 g/mol. The molecule has 130 valence electrons. The third-order valence-corrected chi connectivity index (χ3v) is 5.56. The van der Waals surface area contributed by atoms with Crippen LogP contribution < -0.4 is 10.6 Å². The highest BCUT2D eigenvalue weighted by atomic mass is 127. The SMILES string of the molecule is CN=C(NCCc1ccc(F)cc1)NCC1CCS(=O)(=O)C1.I. The van der Waals surface area contributed by atoms with Gasteiger partial charge in [-0.05, 0) is 36.5 Å². The molecule has 1 aromatic carbocycles. The summed E-state index contributed by atoms with van der Waals surface area (Å²) in [5.41, 5.74) is 1.05. The quantitative estimate of drug-likeness (QED) is 0.402. The molecule has 1 unspecified atom stereocenters. The van der Waals surface area contributed by atoms with Crippen molar-refractivity contribution in [2.75, 3.05) is 31.6 Å². The zero-order valence-electron chi connectivity index (χ0n) is 13.1. The molecule has 8 heteroatoms. The van der Waals surface area contributed by atoms with E-state index in [1.807, 2.05) is 0 Å². The van der Waals surface area contributed by atoms with Crippen LogP contribution in [0.2, 0.25) is 0 Å². The summed E-state index contributed by atoms with van der Waals surface area (Å²) < 4.78 is 35.6. The second-order valence-electron chi connectivity index (χ2n) is 5.53. The topological polar surface area (TPSA) is 70.6 Å². The Balaban J connectivity index is 0.00000264.